The minimum Gasteiger partial charge on any atom is -0.366 e. The summed E-state index contributed by atoms with van der Waals surface area (Å²) >= 11 is 0. The molecule has 8 rings (SSSR count). The van der Waals surface area contributed by atoms with Gasteiger partial charge in [0.1, 0.15) is 6.10 Å². The van der Waals surface area contributed by atoms with E-state index in [9.17, 15) is 5.11 Å². The lowest BCUT2D eigenvalue weighted by Crippen LogP contribution is -2.49. The Morgan fingerprint density at radius 2 is 1.85 bits per heavy atom. The maximum absolute atomic E-state index is 11.3. The van der Waals surface area contributed by atoms with Crippen LogP contribution < -0.4 is 5.32 Å². The molecule has 2 aromatic carbocycles. The smallest absolute Gasteiger partial charge is 0.227 e. The van der Waals surface area contributed by atoms with Gasteiger partial charge in [-0.05, 0) is 86.0 Å². The first-order valence-corrected chi connectivity index (χ1v) is 13.1. The zero-order valence-corrected chi connectivity index (χ0v) is 20.3. The van der Waals surface area contributed by atoms with Gasteiger partial charge in [-0.1, -0.05) is 38.1 Å². The maximum Gasteiger partial charge on any atom is 0.227 e. The van der Waals surface area contributed by atoms with Gasteiger partial charge in [-0.3, -0.25) is 0 Å². The summed E-state index contributed by atoms with van der Waals surface area (Å²) in [6, 6.07) is 14.6. The van der Waals surface area contributed by atoms with E-state index in [1.165, 1.54) is 31.2 Å². The fourth-order valence-electron chi connectivity index (χ4n) is 7.92. The molecule has 1 spiro atoms. The van der Waals surface area contributed by atoms with Crippen molar-refractivity contribution in [3.8, 4) is 0 Å². The Morgan fingerprint density at radius 1 is 1.03 bits per heavy atom. The summed E-state index contributed by atoms with van der Waals surface area (Å²) < 4.78 is 19.8. The highest BCUT2D eigenvalue weighted by atomic mass is 16.8. The van der Waals surface area contributed by atoms with E-state index in [1.807, 2.05) is 12.1 Å². The van der Waals surface area contributed by atoms with Gasteiger partial charge in [-0.2, -0.15) is 0 Å². The molecule has 5 fully saturated rings. The molecule has 8 unspecified atom stereocenters. The Bertz CT molecular complexity index is 1130. The topological polar surface area (TPSA) is 60.0 Å². The van der Waals surface area contributed by atoms with Gasteiger partial charge < -0.3 is 24.6 Å². The lowest BCUT2D eigenvalue weighted by Gasteiger charge is -2.43. The largest absolute Gasteiger partial charge is 0.366 e. The Kier molecular flexibility index (Phi) is 4.59. The molecule has 0 aromatic heterocycles. The molecule has 0 amide bonds. The van der Waals surface area contributed by atoms with Crippen molar-refractivity contribution in [2.75, 3.05) is 11.9 Å². The number of rotatable bonds is 4. The van der Waals surface area contributed by atoms with Crippen LogP contribution in [0.3, 0.4) is 0 Å². The second-order valence-electron chi connectivity index (χ2n) is 11.8. The second-order valence-corrected chi connectivity index (χ2v) is 11.8. The first kappa shape index (κ1) is 21.4. The summed E-state index contributed by atoms with van der Waals surface area (Å²) in [7, 11) is 0. The number of ether oxygens (including phenoxy) is 3. The fraction of sp³-hybridized carbons (Fsp3) is 0.586. The van der Waals surface area contributed by atoms with Crippen LogP contribution in [0.4, 0.5) is 11.4 Å². The number of benzene rings is 2. The molecule has 5 nitrogen and oxygen atoms in total. The molecular weight excluding hydrogens is 426 g/mol. The van der Waals surface area contributed by atoms with Crippen LogP contribution in [0, 0.1) is 23.7 Å². The molecule has 2 N–H and O–H groups in total. The molecule has 0 radical (unpaired) electrons. The van der Waals surface area contributed by atoms with Gasteiger partial charge in [0.25, 0.3) is 0 Å². The highest BCUT2D eigenvalue weighted by Gasteiger charge is 2.62. The maximum atomic E-state index is 11.3. The predicted octanol–water partition coefficient (Wildman–Crippen LogP) is 5.64. The van der Waals surface area contributed by atoms with Crippen molar-refractivity contribution in [1.29, 1.82) is 0 Å². The number of aliphatic hydroxyl groups is 1. The standard InChI is InChI=1S/C29H35NO4/c1-16(2)18-8-9-25-23(14-18)29(21-6-4-5-7-24(21)30-25)32-15-26(33-29)27(31)34-28(3)20-11-17-10-19(13-20)22(28)12-17/h4-9,14,16-17,19-20,22,26-27,30-31H,10-13,15H2,1-3H3. The number of hydrogen-bond acceptors (Lipinski definition) is 5. The molecule has 8 atom stereocenters. The van der Waals surface area contributed by atoms with E-state index in [1.54, 1.807) is 0 Å². The molecule has 2 aromatic rings. The molecule has 180 valence electrons. The van der Waals surface area contributed by atoms with E-state index in [0.717, 1.165) is 34.3 Å². The Balaban J connectivity index is 1.21. The van der Waals surface area contributed by atoms with Gasteiger partial charge in [0, 0.05) is 22.5 Å². The number of anilines is 2. The van der Waals surface area contributed by atoms with Crippen molar-refractivity contribution in [3.63, 3.8) is 0 Å². The quantitative estimate of drug-likeness (QED) is 0.577. The van der Waals surface area contributed by atoms with E-state index in [0.29, 0.717) is 17.8 Å². The fourth-order valence-corrected chi connectivity index (χ4v) is 7.92. The lowest BCUT2D eigenvalue weighted by molar-refractivity contribution is -0.260. The summed E-state index contributed by atoms with van der Waals surface area (Å²) in [5, 5.41) is 14.9. The SMILES string of the molecule is CC(C)c1ccc2c(c1)C1(OCC(C(O)OC3(C)C4CC5CC(C4)C3C5)O1)c1ccccc1N2. The monoisotopic (exact) mass is 461 g/mol. The van der Waals surface area contributed by atoms with Gasteiger partial charge in [0.15, 0.2) is 6.29 Å². The molecule has 1 saturated heterocycles. The molecule has 6 aliphatic rings. The first-order chi connectivity index (χ1) is 16.4. The number of aliphatic hydroxyl groups excluding tert-OH is 1. The van der Waals surface area contributed by atoms with Crippen molar-refractivity contribution >= 4 is 11.4 Å². The molecule has 5 heteroatoms. The molecule has 4 aliphatic carbocycles. The summed E-state index contributed by atoms with van der Waals surface area (Å²) in [4.78, 5) is 0. The molecule has 34 heavy (non-hydrogen) atoms. The van der Waals surface area contributed by atoms with Gasteiger partial charge in [-0.25, -0.2) is 0 Å². The highest BCUT2D eigenvalue weighted by Crippen LogP contribution is 2.64. The Hall–Kier alpha value is -1.92. The number of hydrogen-bond donors (Lipinski definition) is 2. The van der Waals surface area contributed by atoms with E-state index >= 15 is 0 Å². The number of nitrogens with one attached hydrogen (secondary N) is 1. The number of para-hydroxylation sites is 1. The predicted molar refractivity (Wildman–Crippen MR) is 130 cm³/mol. The summed E-state index contributed by atoms with van der Waals surface area (Å²) in [5.41, 5.74) is 4.85. The van der Waals surface area contributed by atoms with E-state index < -0.39 is 18.2 Å². The zero-order chi connectivity index (χ0) is 23.2. The van der Waals surface area contributed by atoms with Gasteiger partial charge >= 0.3 is 0 Å². The van der Waals surface area contributed by atoms with Crippen molar-refractivity contribution < 1.29 is 19.3 Å². The third-order valence-electron chi connectivity index (χ3n) is 9.62. The van der Waals surface area contributed by atoms with E-state index in [4.69, 9.17) is 14.2 Å². The lowest BCUT2D eigenvalue weighted by atomic mass is 9.73. The third kappa shape index (κ3) is 2.87. The third-order valence-corrected chi connectivity index (χ3v) is 9.62. The van der Waals surface area contributed by atoms with E-state index in [-0.39, 0.29) is 12.2 Å². The normalized spacial score (nSPS) is 40.0. The van der Waals surface area contributed by atoms with Crippen LogP contribution >= 0.6 is 0 Å². The average Bonchev–Trinajstić information content (AvgIpc) is 3.45. The second kappa shape index (κ2) is 7.30. The molecule has 4 bridgehead atoms. The van der Waals surface area contributed by atoms with Crippen LogP contribution in [0.2, 0.25) is 0 Å². The van der Waals surface area contributed by atoms with Crippen LogP contribution in [0.15, 0.2) is 42.5 Å². The van der Waals surface area contributed by atoms with Crippen LogP contribution in [0.1, 0.15) is 69.1 Å². The van der Waals surface area contributed by atoms with Gasteiger partial charge in [0.2, 0.25) is 5.79 Å². The van der Waals surface area contributed by atoms with Crippen molar-refractivity contribution in [3.05, 3.63) is 59.2 Å². The Labute approximate surface area is 201 Å². The van der Waals surface area contributed by atoms with Crippen molar-refractivity contribution in [2.24, 2.45) is 23.7 Å². The highest BCUT2D eigenvalue weighted by molar-refractivity contribution is 5.74. The van der Waals surface area contributed by atoms with Gasteiger partial charge in [0.05, 0.1) is 12.2 Å². The van der Waals surface area contributed by atoms with Gasteiger partial charge in [-0.15, -0.1) is 0 Å². The van der Waals surface area contributed by atoms with Crippen LogP contribution in [-0.2, 0) is 20.0 Å². The molecule has 2 heterocycles. The minimum atomic E-state index is -1.05. The van der Waals surface area contributed by atoms with Crippen molar-refractivity contribution in [2.45, 2.75) is 76.2 Å². The molecule has 4 saturated carbocycles. The zero-order valence-electron chi connectivity index (χ0n) is 20.3. The van der Waals surface area contributed by atoms with Crippen LogP contribution in [0.25, 0.3) is 0 Å². The average molecular weight is 462 g/mol. The first-order valence-electron chi connectivity index (χ1n) is 13.1. The van der Waals surface area contributed by atoms with E-state index in [2.05, 4.69) is 56.4 Å². The summed E-state index contributed by atoms with van der Waals surface area (Å²) in [6.07, 6.45) is 3.53. The van der Waals surface area contributed by atoms with Crippen LogP contribution in [0.5, 0.6) is 0 Å². The molecular formula is C29H35NO4. The van der Waals surface area contributed by atoms with Crippen LogP contribution in [-0.4, -0.2) is 29.7 Å². The molecule has 2 aliphatic heterocycles. The minimum absolute atomic E-state index is 0.259. The van der Waals surface area contributed by atoms with Crippen molar-refractivity contribution in [1.82, 2.24) is 0 Å². The Morgan fingerprint density at radius 3 is 2.68 bits per heavy atom. The number of fused-ring (bicyclic) bond motifs is 4. The summed E-state index contributed by atoms with van der Waals surface area (Å²) in [6.45, 7) is 6.92. The summed E-state index contributed by atoms with van der Waals surface area (Å²) in [5.74, 6) is 2.09.